The molecule has 0 aliphatic carbocycles. The Hall–Kier alpha value is -3.62. The van der Waals surface area contributed by atoms with Crippen molar-refractivity contribution in [3.63, 3.8) is 0 Å². The van der Waals surface area contributed by atoms with Crippen LogP contribution in [-0.2, 0) is 11.3 Å². The maximum Gasteiger partial charge on any atom is 0.251 e. The summed E-state index contributed by atoms with van der Waals surface area (Å²) in [7, 11) is 0. The van der Waals surface area contributed by atoms with E-state index >= 15 is 0 Å². The third kappa shape index (κ3) is 3.73. The second-order valence-corrected chi connectivity index (χ2v) is 6.53. The third-order valence-electron chi connectivity index (χ3n) is 4.56. The molecule has 1 atom stereocenters. The summed E-state index contributed by atoms with van der Waals surface area (Å²) in [6, 6.07) is 12.8. The molecule has 2 heterocycles. The van der Waals surface area contributed by atoms with Gasteiger partial charge in [0.1, 0.15) is 12.1 Å². The van der Waals surface area contributed by atoms with E-state index in [4.69, 9.17) is 0 Å². The fourth-order valence-corrected chi connectivity index (χ4v) is 3.18. The molecule has 1 fully saturated rings. The molecule has 0 saturated carbocycles. The molecule has 1 aliphatic heterocycles. The molecule has 8 nitrogen and oxygen atoms in total. The maximum atomic E-state index is 13.9. The van der Waals surface area contributed by atoms with E-state index in [1.54, 1.807) is 35.0 Å². The van der Waals surface area contributed by atoms with Gasteiger partial charge in [0.2, 0.25) is 5.91 Å². The second-order valence-electron chi connectivity index (χ2n) is 6.53. The van der Waals surface area contributed by atoms with Crippen molar-refractivity contribution in [3.8, 4) is 0 Å². The number of amides is 2. The topological polar surface area (TPSA) is 93.0 Å². The summed E-state index contributed by atoms with van der Waals surface area (Å²) in [5.41, 5.74) is 1.67. The number of aromatic nitrogens is 4. The second kappa shape index (κ2) is 7.55. The van der Waals surface area contributed by atoms with Crippen LogP contribution in [0.3, 0.4) is 0 Å². The number of anilines is 1. The van der Waals surface area contributed by atoms with Gasteiger partial charge in [0, 0.05) is 18.5 Å². The molecule has 1 N–H and O–H groups in total. The van der Waals surface area contributed by atoms with Crippen molar-refractivity contribution < 1.29 is 14.0 Å². The number of hydrogen-bond acceptors (Lipinski definition) is 5. The van der Waals surface area contributed by atoms with Crippen molar-refractivity contribution in [1.82, 2.24) is 25.5 Å². The molecule has 1 aromatic heterocycles. The van der Waals surface area contributed by atoms with E-state index in [2.05, 4.69) is 20.8 Å². The average Bonchev–Trinajstić information content (AvgIpc) is 3.32. The van der Waals surface area contributed by atoms with E-state index in [1.807, 2.05) is 12.1 Å². The van der Waals surface area contributed by atoms with E-state index in [9.17, 15) is 14.0 Å². The molecule has 2 amide bonds. The Morgan fingerprint density at radius 2 is 1.96 bits per heavy atom. The molecule has 0 bridgehead atoms. The molecule has 3 aromatic rings. The molecular formula is C19H17FN6O2. The summed E-state index contributed by atoms with van der Waals surface area (Å²) in [6.07, 6.45) is 1.65. The van der Waals surface area contributed by atoms with Gasteiger partial charge >= 0.3 is 0 Å². The van der Waals surface area contributed by atoms with E-state index in [-0.39, 0.29) is 36.5 Å². The SMILES string of the molecule is O=C(NC1CC(=O)N(c2ccccc2F)C1)c1ccc(Cn2cnnn2)cc1. The first-order valence-electron chi connectivity index (χ1n) is 8.75. The minimum Gasteiger partial charge on any atom is -0.347 e. The van der Waals surface area contributed by atoms with Gasteiger partial charge in [0.05, 0.1) is 18.3 Å². The van der Waals surface area contributed by atoms with Crippen LogP contribution in [0.15, 0.2) is 54.9 Å². The van der Waals surface area contributed by atoms with E-state index in [0.717, 1.165) is 5.56 Å². The van der Waals surface area contributed by atoms with Crippen molar-refractivity contribution >= 4 is 17.5 Å². The zero-order valence-electron chi connectivity index (χ0n) is 14.8. The third-order valence-corrected chi connectivity index (χ3v) is 4.56. The zero-order valence-corrected chi connectivity index (χ0v) is 14.8. The Morgan fingerprint density at radius 1 is 1.18 bits per heavy atom. The van der Waals surface area contributed by atoms with Crippen LogP contribution in [0.4, 0.5) is 10.1 Å². The summed E-state index contributed by atoms with van der Waals surface area (Å²) >= 11 is 0. The van der Waals surface area contributed by atoms with Crippen LogP contribution in [0, 0.1) is 5.82 Å². The maximum absolute atomic E-state index is 13.9. The van der Waals surface area contributed by atoms with Crippen molar-refractivity contribution in [1.29, 1.82) is 0 Å². The number of carbonyl (C=O) groups excluding carboxylic acids is 2. The molecule has 1 aliphatic rings. The number of nitrogens with one attached hydrogen (secondary N) is 1. The molecule has 1 saturated heterocycles. The fourth-order valence-electron chi connectivity index (χ4n) is 3.18. The van der Waals surface area contributed by atoms with Gasteiger partial charge in [0.15, 0.2) is 0 Å². The van der Waals surface area contributed by atoms with Gasteiger partial charge in [-0.2, -0.15) is 0 Å². The summed E-state index contributed by atoms with van der Waals surface area (Å²) in [4.78, 5) is 26.1. The van der Waals surface area contributed by atoms with E-state index in [0.29, 0.717) is 12.1 Å². The highest BCUT2D eigenvalue weighted by Crippen LogP contribution is 2.24. The molecule has 1 unspecified atom stereocenters. The molecule has 28 heavy (non-hydrogen) atoms. The Morgan fingerprint density at radius 3 is 2.68 bits per heavy atom. The van der Waals surface area contributed by atoms with Gasteiger partial charge in [0.25, 0.3) is 5.91 Å². The lowest BCUT2D eigenvalue weighted by Gasteiger charge is -2.18. The van der Waals surface area contributed by atoms with Crippen LogP contribution in [0.1, 0.15) is 22.3 Å². The Kier molecular flexibility index (Phi) is 4.79. The monoisotopic (exact) mass is 380 g/mol. The van der Waals surface area contributed by atoms with Crippen LogP contribution in [0.5, 0.6) is 0 Å². The van der Waals surface area contributed by atoms with Crippen molar-refractivity contribution in [2.24, 2.45) is 0 Å². The molecule has 9 heteroatoms. The fraction of sp³-hybridized carbons (Fsp3) is 0.211. The zero-order chi connectivity index (χ0) is 19.5. The predicted molar refractivity (Wildman–Crippen MR) is 98.0 cm³/mol. The normalized spacial score (nSPS) is 16.4. The number of rotatable bonds is 5. The first-order valence-corrected chi connectivity index (χ1v) is 8.75. The lowest BCUT2D eigenvalue weighted by Crippen LogP contribution is -2.37. The Labute approximate surface area is 160 Å². The van der Waals surface area contributed by atoms with Crippen molar-refractivity contribution in [2.45, 2.75) is 19.0 Å². The molecule has 142 valence electrons. The number of hydrogen-bond donors (Lipinski definition) is 1. The van der Waals surface area contributed by atoms with Crippen LogP contribution in [-0.4, -0.2) is 44.6 Å². The number of carbonyl (C=O) groups is 2. The summed E-state index contributed by atoms with van der Waals surface area (Å²) < 4.78 is 15.5. The largest absolute Gasteiger partial charge is 0.347 e. The van der Waals surface area contributed by atoms with Crippen LogP contribution in [0.25, 0.3) is 0 Å². The quantitative estimate of drug-likeness (QED) is 0.722. The van der Waals surface area contributed by atoms with Crippen LogP contribution >= 0.6 is 0 Å². The lowest BCUT2D eigenvalue weighted by molar-refractivity contribution is -0.117. The van der Waals surface area contributed by atoms with E-state index in [1.165, 1.54) is 17.3 Å². The summed E-state index contributed by atoms with van der Waals surface area (Å²) in [5, 5.41) is 13.8. The minimum absolute atomic E-state index is 0.136. The number of benzene rings is 2. The first kappa shape index (κ1) is 17.8. The standard InChI is InChI=1S/C19H17FN6O2/c20-16-3-1-2-4-17(16)26-11-15(9-18(26)27)22-19(28)14-7-5-13(6-8-14)10-25-12-21-23-24-25/h1-8,12,15H,9-11H2,(H,22,28). The van der Waals surface area contributed by atoms with Gasteiger partial charge in [-0.05, 0) is 40.3 Å². The van der Waals surface area contributed by atoms with Crippen LogP contribution < -0.4 is 10.2 Å². The molecule has 0 radical (unpaired) electrons. The number of tetrazole rings is 1. The van der Waals surface area contributed by atoms with Crippen molar-refractivity contribution in [2.75, 3.05) is 11.4 Å². The van der Waals surface area contributed by atoms with Gasteiger partial charge in [-0.25, -0.2) is 9.07 Å². The van der Waals surface area contributed by atoms with Gasteiger partial charge in [-0.1, -0.05) is 24.3 Å². The summed E-state index contributed by atoms with van der Waals surface area (Å²) in [5.74, 6) is -0.949. The highest BCUT2D eigenvalue weighted by atomic mass is 19.1. The first-order chi connectivity index (χ1) is 13.6. The Bertz CT molecular complexity index is 990. The smallest absolute Gasteiger partial charge is 0.251 e. The lowest BCUT2D eigenvalue weighted by atomic mass is 10.1. The minimum atomic E-state index is -0.457. The molecular weight excluding hydrogens is 363 g/mol. The van der Waals surface area contributed by atoms with Gasteiger partial charge in [-0.3, -0.25) is 9.59 Å². The van der Waals surface area contributed by atoms with E-state index < -0.39 is 5.82 Å². The highest BCUT2D eigenvalue weighted by molar-refractivity contribution is 5.99. The highest BCUT2D eigenvalue weighted by Gasteiger charge is 2.32. The molecule has 0 spiro atoms. The van der Waals surface area contributed by atoms with Crippen LogP contribution in [0.2, 0.25) is 0 Å². The molecule has 2 aromatic carbocycles. The molecule has 4 rings (SSSR count). The number of nitrogens with zero attached hydrogens (tertiary/aromatic N) is 5. The number of para-hydroxylation sites is 1. The predicted octanol–water partition coefficient (Wildman–Crippen LogP) is 1.40. The van der Waals surface area contributed by atoms with Gasteiger partial charge < -0.3 is 10.2 Å². The Balaban J connectivity index is 1.38. The van der Waals surface area contributed by atoms with Crippen molar-refractivity contribution in [3.05, 3.63) is 71.8 Å². The number of halogens is 1. The summed E-state index contributed by atoms with van der Waals surface area (Å²) in [6.45, 7) is 0.743. The average molecular weight is 380 g/mol. The van der Waals surface area contributed by atoms with Gasteiger partial charge in [-0.15, -0.1) is 5.10 Å².